The minimum absolute atomic E-state index is 0.351. The minimum atomic E-state index is -3.50. The Morgan fingerprint density at radius 3 is 2.43 bits per heavy atom. The molecule has 2 aromatic carbocycles. The van der Waals surface area contributed by atoms with Crippen LogP contribution in [-0.4, -0.2) is 58.1 Å². The molecule has 0 saturated carbocycles. The second-order valence-corrected chi connectivity index (χ2v) is 9.17. The van der Waals surface area contributed by atoms with Crippen LogP contribution in [0.2, 0.25) is 0 Å². The molecule has 1 aliphatic heterocycles. The Hall–Kier alpha value is -2.07. The van der Waals surface area contributed by atoms with Gasteiger partial charge in [0.05, 0.1) is 11.6 Å². The quantitative estimate of drug-likeness (QED) is 0.597. The summed E-state index contributed by atoms with van der Waals surface area (Å²) < 4.78 is 32.1. The number of aryl methyl sites for hydroxylation is 1. The predicted molar refractivity (Wildman–Crippen MR) is 111 cm³/mol. The van der Waals surface area contributed by atoms with Gasteiger partial charge in [0.1, 0.15) is 6.33 Å². The molecule has 2 heterocycles. The van der Waals surface area contributed by atoms with Crippen LogP contribution in [0.25, 0.3) is 10.8 Å². The van der Waals surface area contributed by atoms with E-state index in [9.17, 15) is 8.42 Å². The third-order valence-electron chi connectivity index (χ3n) is 5.16. The van der Waals surface area contributed by atoms with Gasteiger partial charge in [-0.1, -0.05) is 30.3 Å². The summed E-state index contributed by atoms with van der Waals surface area (Å²) in [6.07, 6.45) is 1.74. The summed E-state index contributed by atoms with van der Waals surface area (Å²) in [6, 6.07) is 13.1. The lowest BCUT2D eigenvalue weighted by atomic mass is 10.1. The summed E-state index contributed by atoms with van der Waals surface area (Å²) in [5.41, 5.74) is 0. The monoisotopic (exact) mass is 417 g/mol. The molecule has 1 aliphatic rings. The van der Waals surface area contributed by atoms with E-state index in [4.69, 9.17) is 12.2 Å². The first-order valence-corrected chi connectivity index (χ1v) is 11.2. The van der Waals surface area contributed by atoms with Crippen LogP contribution in [0.4, 0.5) is 0 Å². The molecule has 1 fully saturated rings. The predicted octanol–water partition coefficient (Wildman–Crippen LogP) is 2.55. The number of aromatic nitrogens is 3. The van der Waals surface area contributed by atoms with E-state index in [1.165, 1.54) is 0 Å². The Morgan fingerprint density at radius 2 is 1.75 bits per heavy atom. The van der Waals surface area contributed by atoms with E-state index in [2.05, 4.69) is 10.00 Å². The van der Waals surface area contributed by atoms with Crippen molar-refractivity contribution in [3.63, 3.8) is 0 Å². The zero-order chi connectivity index (χ0) is 19.7. The Labute approximate surface area is 169 Å². The number of sulfonamides is 1. The first kappa shape index (κ1) is 19.3. The number of nitrogens with zero attached hydrogens (tertiary/aromatic N) is 5. The fourth-order valence-electron chi connectivity index (χ4n) is 3.46. The second-order valence-electron chi connectivity index (χ2n) is 6.87. The summed E-state index contributed by atoms with van der Waals surface area (Å²) in [7, 11) is -3.50. The van der Waals surface area contributed by atoms with E-state index < -0.39 is 10.0 Å². The third kappa shape index (κ3) is 3.62. The molecule has 9 heteroatoms. The van der Waals surface area contributed by atoms with Crippen LogP contribution < -0.4 is 0 Å². The van der Waals surface area contributed by atoms with Gasteiger partial charge in [0, 0.05) is 32.7 Å². The molecule has 1 saturated heterocycles. The van der Waals surface area contributed by atoms with Crippen LogP contribution in [0.5, 0.6) is 0 Å². The Balaban J connectivity index is 1.46. The van der Waals surface area contributed by atoms with Gasteiger partial charge in [-0.05, 0) is 42.0 Å². The Morgan fingerprint density at radius 1 is 1.04 bits per heavy atom. The highest BCUT2D eigenvalue weighted by Gasteiger charge is 2.28. The number of hydrogen-bond acceptors (Lipinski definition) is 5. The standard InChI is InChI=1S/C19H23N5O2S2/c1-2-22-14-20-24(19(22)27)15-21-9-11-23(12-10-21)28(25,26)18-8-7-16-5-3-4-6-17(16)13-18/h3-8,13-14H,2,9-12,15H2,1H3. The average molecular weight is 418 g/mol. The Bertz CT molecular complexity index is 1140. The molecule has 0 spiro atoms. The second kappa shape index (κ2) is 7.75. The zero-order valence-electron chi connectivity index (χ0n) is 15.7. The summed E-state index contributed by atoms with van der Waals surface area (Å²) in [5.74, 6) is 0. The topological polar surface area (TPSA) is 63.4 Å². The summed E-state index contributed by atoms with van der Waals surface area (Å²) >= 11 is 5.41. The van der Waals surface area contributed by atoms with Crippen LogP contribution in [0.1, 0.15) is 6.92 Å². The molecule has 4 rings (SSSR count). The van der Waals surface area contributed by atoms with Crippen molar-refractivity contribution in [2.75, 3.05) is 26.2 Å². The van der Waals surface area contributed by atoms with Crippen LogP contribution in [0.3, 0.4) is 0 Å². The molecule has 0 atom stereocenters. The summed E-state index contributed by atoms with van der Waals surface area (Å²) in [5, 5.41) is 6.30. The highest BCUT2D eigenvalue weighted by Crippen LogP contribution is 2.23. The molecule has 0 radical (unpaired) electrons. The maximum atomic E-state index is 13.1. The van der Waals surface area contributed by atoms with Gasteiger partial charge in [-0.25, -0.2) is 13.1 Å². The van der Waals surface area contributed by atoms with Crippen molar-refractivity contribution in [1.29, 1.82) is 0 Å². The molecule has 0 amide bonds. The maximum absolute atomic E-state index is 13.1. The van der Waals surface area contributed by atoms with E-state index in [-0.39, 0.29) is 0 Å². The SMILES string of the molecule is CCn1cnn(CN2CCN(S(=O)(=O)c3ccc4ccccc4c3)CC2)c1=S. The van der Waals surface area contributed by atoms with Gasteiger partial charge in [-0.15, -0.1) is 0 Å². The lowest BCUT2D eigenvalue weighted by Gasteiger charge is -2.33. The van der Waals surface area contributed by atoms with Gasteiger partial charge in [0.2, 0.25) is 10.0 Å². The first-order chi connectivity index (χ1) is 13.5. The molecule has 0 N–H and O–H groups in total. The molecule has 3 aromatic rings. The highest BCUT2D eigenvalue weighted by atomic mass is 32.2. The van der Waals surface area contributed by atoms with Crippen LogP contribution in [0, 0.1) is 4.77 Å². The van der Waals surface area contributed by atoms with Crippen LogP contribution in [-0.2, 0) is 23.2 Å². The van der Waals surface area contributed by atoms with Crippen molar-refractivity contribution >= 4 is 33.0 Å². The smallest absolute Gasteiger partial charge is 0.243 e. The van der Waals surface area contributed by atoms with Crippen molar-refractivity contribution in [2.24, 2.45) is 0 Å². The van der Waals surface area contributed by atoms with Gasteiger partial charge >= 0.3 is 0 Å². The number of hydrogen-bond donors (Lipinski definition) is 0. The fourth-order valence-corrected chi connectivity index (χ4v) is 5.20. The molecular formula is C19H23N5O2S2. The van der Waals surface area contributed by atoms with E-state index in [0.29, 0.717) is 42.5 Å². The zero-order valence-corrected chi connectivity index (χ0v) is 17.4. The van der Waals surface area contributed by atoms with E-state index in [0.717, 1.165) is 17.3 Å². The molecular weight excluding hydrogens is 394 g/mol. The van der Waals surface area contributed by atoms with Gasteiger partial charge in [-0.2, -0.15) is 9.40 Å². The third-order valence-corrected chi connectivity index (χ3v) is 7.50. The summed E-state index contributed by atoms with van der Waals surface area (Å²) in [6.45, 7) is 5.60. The van der Waals surface area contributed by atoms with E-state index >= 15 is 0 Å². The maximum Gasteiger partial charge on any atom is 0.243 e. The average Bonchev–Trinajstić information content (AvgIpc) is 3.07. The normalized spacial score (nSPS) is 16.6. The van der Waals surface area contributed by atoms with Crippen molar-refractivity contribution in [3.8, 4) is 0 Å². The number of piperazine rings is 1. The van der Waals surface area contributed by atoms with Crippen molar-refractivity contribution in [2.45, 2.75) is 25.0 Å². The molecule has 28 heavy (non-hydrogen) atoms. The van der Waals surface area contributed by atoms with Gasteiger partial charge in [0.25, 0.3) is 0 Å². The number of benzene rings is 2. The summed E-state index contributed by atoms with van der Waals surface area (Å²) in [4.78, 5) is 2.53. The number of rotatable bonds is 5. The fraction of sp³-hybridized carbons (Fsp3) is 0.368. The van der Waals surface area contributed by atoms with E-state index in [1.54, 1.807) is 27.4 Å². The van der Waals surface area contributed by atoms with Gasteiger partial charge in [-0.3, -0.25) is 4.90 Å². The molecule has 148 valence electrons. The molecule has 0 unspecified atom stereocenters. The van der Waals surface area contributed by atoms with Gasteiger partial charge < -0.3 is 4.57 Å². The van der Waals surface area contributed by atoms with E-state index in [1.807, 2.05) is 41.8 Å². The number of fused-ring (bicyclic) bond motifs is 1. The van der Waals surface area contributed by atoms with Crippen LogP contribution >= 0.6 is 12.2 Å². The van der Waals surface area contributed by atoms with Crippen molar-refractivity contribution in [3.05, 3.63) is 53.6 Å². The largest absolute Gasteiger partial charge is 0.307 e. The lowest BCUT2D eigenvalue weighted by Crippen LogP contribution is -2.48. The minimum Gasteiger partial charge on any atom is -0.307 e. The first-order valence-electron chi connectivity index (χ1n) is 9.32. The molecule has 7 nitrogen and oxygen atoms in total. The lowest BCUT2D eigenvalue weighted by molar-refractivity contribution is 0.144. The highest BCUT2D eigenvalue weighted by molar-refractivity contribution is 7.89. The molecule has 1 aromatic heterocycles. The molecule has 0 bridgehead atoms. The van der Waals surface area contributed by atoms with Crippen molar-refractivity contribution < 1.29 is 8.42 Å². The van der Waals surface area contributed by atoms with Crippen molar-refractivity contribution in [1.82, 2.24) is 23.6 Å². The van der Waals surface area contributed by atoms with Crippen LogP contribution in [0.15, 0.2) is 53.7 Å². The van der Waals surface area contributed by atoms with Gasteiger partial charge in [0.15, 0.2) is 4.77 Å². The molecule has 0 aliphatic carbocycles. The Kier molecular flexibility index (Phi) is 5.33.